The first-order chi connectivity index (χ1) is 11.1. The molecule has 118 valence electrons. The SMILES string of the molecule is CCNC(=O)C(=Cc1ccc(F)cc1)NC(=O)c1ccccc1. The number of rotatable bonds is 5. The summed E-state index contributed by atoms with van der Waals surface area (Å²) in [7, 11) is 0. The molecule has 5 heteroatoms. The second-order valence-corrected chi connectivity index (χ2v) is 4.79. The maximum absolute atomic E-state index is 13.0. The average Bonchev–Trinajstić information content (AvgIpc) is 2.57. The number of halogens is 1. The van der Waals surface area contributed by atoms with Crippen molar-refractivity contribution in [3.05, 3.63) is 77.2 Å². The van der Waals surface area contributed by atoms with Gasteiger partial charge >= 0.3 is 0 Å². The van der Waals surface area contributed by atoms with E-state index < -0.39 is 5.91 Å². The normalized spacial score (nSPS) is 11.0. The van der Waals surface area contributed by atoms with Crippen LogP contribution in [-0.2, 0) is 4.79 Å². The molecule has 2 amide bonds. The van der Waals surface area contributed by atoms with Crippen molar-refractivity contribution in [2.24, 2.45) is 0 Å². The van der Waals surface area contributed by atoms with Crippen molar-refractivity contribution < 1.29 is 14.0 Å². The van der Waals surface area contributed by atoms with Gasteiger partial charge in [-0.25, -0.2) is 4.39 Å². The fourth-order valence-electron chi connectivity index (χ4n) is 1.92. The third kappa shape index (κ3) is 4.78. The number of nitrogens with one attached hydrogen (secondary N) is 2. The first kappa shape index (κ1) is 16.4. The summed E-state index contributed by atoms with van der Waals surface area (Å²) in [5.41, 5.74) is 1.16. The van der Waals surface area contributed by atoms with Gasteiger partial charge in [-0.2, -0.15) is 0 Å². The fourth-order valence-corrected chi connectivity index (χ4v) is 1.92. The van der Waals surface area contributed by atoms with Crippen LogP contribution in [0.15, 0.2) is 60.3 Å². The standard InChI is InChI=1S/C18H17FN2O2/c1-2-20-18(23)16(12-13-8-10-15(19)11-9-13)21-17(22)14-6-4-3-5-7-14/h3-12H,2H2,1H3,(H,20,23)(H,21,22). The number of likely N-dealkylation sites (N-methyl/N-ethyl adjacent to an activating group) is 1. The van der Waals surface area contributed by atoms with Crippen LogP contribution < -0.4 is 10.6 Å². The highest BCUT2D eigenvalue weighted by atomic mass is 19.1. The highest BCUT2D eigenvalue weighted by Crippen LogP contribution is 2.08. The van der Waals surface area contributed by atoms with E-state index in [1.807, 2.05) is 0 Å². The Morgan fingerprint density at radius 2 is 1.70 bits per heavy atom. The summed E-state index contributed by atoms with van der Waals surface area (Å²) in [6.45, 7) is 2.22. The number of carbonyl (C=O) groups excluding carboxylic acids is 2. The van der Waals surface area contributed by atoms with Gasteiger partial charge in [-0.05, 0) is 42.8 Å². The summed E-state index contributed by atoms with van der Waals surface area (Å²) in [6.07, 6.45) is 1.51. The van der Waals surface area contributed by atoms with E-state index in [0.29, 0.717) is 17.7 Å². The third-order valence-corrected chi connectivity index (χ3v) is 3.05. The van der Waals surface area contributed by atoms with Crippen LogP contribution in [0.25, 0.3) is 6.08 Å². The zero-order valence-electron chi connectivity index (χ0n) is 12.7. The van der Waals surface area contributed by atoms with Crippen LogP contribution in [-0.4, -0.2) is 18.4 Å². The van der Waals surface area contributed by atoms with E-state index in [1.165, 1.54) is 30.3 Å². The Hall–Kier alpha value is -2.95. The molecule has 4 nitrogen and oxygen atoms in total. The zero-order chi connectivity index (χ0) is 16.7. The summed E-state index contributed by atoms with van der Waals surface area (Å²) in [4.78, 5) is 24.3. The van der Waals surface area contributed by atoms with Gasteiger partial charge in [0.25, 0.3) is 11.8 Å². The summed E-state index contributed by atoms with van der Waals surface area (Å²) in [6, 6.07) is 14.2. The highest BCUT2D eigenvalue weighted by molar-refractivity contribution is 6.05. The van der Waals surface area contributed by atoms with Crippen molar-refractivity contribution in [1.82, 2.24) is 10.6 Å². The smallest absolute Gasteiger partial charge is 0.267 e. The zero-order valence-corrected chi connectivity index (χ0v) is 12.7. The molecule has 2 aromatic rings. The lowest BCUT2D eigenvalue weighted by atomic mass is 10.1. The molecule has 0 bridgehead atoms. The van der Waals surface area contributed by atoms with Gasteiger partial charge in [0, 0.05) is 12.1 Å². The van der Waals surface area contributed by atoms with E-state index in [9.17, 15) is 14.0 Å². The lowest BCUT2D eigenvalue weighted by Gasteiger charge is -2.10. The van der Waals surface area contributed by atoms with Crippen LogP contribution in [0.3, 0.4) is 0 Å². The van der Waals surface area contributed by atoms with Gasteiger partial charge < -0.3 is 10.6 Å². The van der Waals surface area contributed by atoms with Crippen molar-refractivity contribution in [1.29, 1.82) is 0 Å². The molecule has 0 atom stereocenters. The van der Waals surface area contributed by atoms with Crippen molar-refractivity contribution in [2.75, 3.05) is 6.54 Å². The molecule has 0 spiro atoms. The topological polar surface area (TPSA) is 58.2 Å². The molecule has 0 aliphatic rings. The molecule has 0 heterocycles. The summed E-state index contributed by atoms with van der Waals surface area (Å²) in [5.74, 6) is -1.15. The molecule has 0 saturated heterocycles. The molecule has 23 heavy (non-hydrogen) atoms. The van der Waals surface area contributed by atoms with Crippen LogP contribution in [0.1, 0.15) is 22.8 Å². The summed E-state index contributed by atoms with van der Waals surface area (Å²) < 4.78 is 13.0. The van der Waals surface area contributed by atoms with Crippen molar-refractivity contribution in [2.45, 2.75) is 6.92 Å². The maximum atomic E-state index is 13.0. The Morgan fingerprint density at radius 1 is 1.04 bits per heavy atom. The third-order valence-electron chi connectivity index (χ3n) is 3.05. The molecule has 2 rings (SSSR count). The highest BCUT2D eigenvalue weighted by Gasteiger charge is 2.13. The van der Waals surface area contributed by atoms with Gasteiger partial charge in [-0.1, -0.05) is 30.3 Å². The van der Waals surface area contributed by atoms with Crippen LogP contribution >= 0.6 is 0 Å². The predicted molar refractivity (Wildman–Crippen MR) is 87.0 cm³/mol. The molecule has 2 N–H and O–H groups in total. The number of hydrogen-bond donors (Lipinski definition) is 2. The minimum absolute atomic E-state index is 0.104. The monoisotopic (exact) mass is 312 g/mol. The van der Waals surface area contributed by atoms with Crippen molar-refractivity contribution in [3.8, 4) is 0 Å². The Labute approximate surface area is 134 Å². The largest absolute Gasteiger partial charge is 0.351 e. The van der Waals surface area contributed by atoms with Gasteiger partial charge in [0.1, 0.15) is 11.5 Å². The molecule has 0 unspecified atom stereocenters. The summed E-state index contributed by atoms with van der Waals surface area (Å²) >= 11 is 0. The van der Waals surface area contributed by atoms with E-state index in [0.717, 1.165) is 0 Å². The van der Waals surface area contributed by atoms with E-state index in [4.69, 9.17) is 0 Å². The Morgan fingerprint density at radius 3 is 2.30 bits per heavy atom. The molecule has 0 aromatic heterocycles. The fraction of sp³-hybridized carbons (Fsp3) is 0.111. The first-order valence-electron chi connectivity index (χ1n) is 7.22. The van der Waals surface area contributed by atoms with Gasteiger partial charge in [0.2, 0.25) is 0 Å². The average molecular weight is 312 g/mol. The molecular formula is C18H17FN2O2. The van der Waals surface area contributed by atoms with Crippen molar-refractivity contribution in [3.63, 3.8) is 0 Å². The molecular weight excluding hydrogens is 295 g/mol. The van der Waals surface area contributed by atoms with Crippen LogP contribution in [0.4, 0.5) is 4.39 Å². The number of carbonyl (C=O) groups is 2. The Kier molecular flexibility index (Phi) is 5.63. The lowest BCUT2D eigenvalue weighted by molar-refractivity contribution is -0.117. The molecule has 0 aliphatic carbocycles. The van der Waals surface area contributed by atoms with E-state index in [1.54, 1.807) is 37.3 Å². The minimum atomic E-state index is -0.402. The molecule has 0 aliphatic heterocycles. The van der Waals surface area contributed by atoms with E-state index in [-0.39, 0.29) is 17.4 Å². The lowest BCUT2D eigenvalue weighted by Crippen LogP contribution is -2.34. The molecule has 0 radical (unpaired) electrons. The second-order valence-electron chi connectivity index (χ2n) is 4.79. The van der Waals surface area contributed by atoms with E-state index in [2.05, 4.69) is 10.6 Å². The van der Waals surface area contributed by atoms with Gasteiger partial charge in [0.05, 0.1) is 0 Å². The Bertz CT molecular complexity index is 710. The number of hydrogen-bond acceptors (Lipinski definition) is 2. The Balaban J connectivity index is 2.25. The van der Waals surface area contributed by atoms with Crippen LogP contribution in [0.5, 0.6) is 0 Å². The maximum Gasteiger partial charge on any atom is 0.267 e. The van der Waals surface area contributed by atoms with E-state index >= 15 is 0 Å². The quantitative estimate of drug-likeness (QED) is 0.834. The van der Waals surface area contributed by atoms with Gasteiger partial charge in [0.15, 0.2) is 0 Å². The molecule has 0 saturated carbocycles. The van der Waals surface area contributed by atoms with Gasteiger partial charge in [-0.3, -0.25) is 9.59 Å². The summed E-state index contributed by atoms with van der Waals surface area (Å²) in [5, 5.41) is 5.24. The number of benzene rings is 2. The first-order valence-corrected chi connectivity index (χ1v) is 7.22. The molecule has 2 aromatic carbocycles. The minimum Gasteiger partial charge on any atom is -0.351 e. The second kappa shape index (κ2) is 7.89. The number of amides is 2. The van der Waals surface area contributed by atoms with Gasteiger partial charge in [-0.15, -0.1) is 0 Å². The van der Waals surface area contributed by atoms with Crippen LogP contribution in [0.2, 0.25) is 0 Å². The van der Waals surface area contributed by atoms with Crippen LogP contribution in [0, 0.1) is 5.82 Å². The molecule has 0 fully saturated rings. The predicted octanol–water partition coefficient (Wildman–Crippen LogP) is 2.73. The van der Waals surface area contributed by atoms with Crippen molar-refractivity contribution >= 4 is 17.9 Å².